The summed E-state index contributed by atoms with van der Waals surface area (Å²) in [6.45, 7) is 1.96. The number of carbonyl (C=O) groups excluding carboxylic acids is 1. The highest BCUT2D eigenvalue weighted by Crippen LogP contribution is 2.22. The average Bonchev–Trinajstić information content (AvgIpc) is 2.87. The second-order valence-corrected chi connectivity index (χ2v) is 3.29. The van der Waals surface area contributed by atoms with Crippen molar-refractivity contribution in [1.82, 2.24) is 4.90 Å². The number of rotatable bonds is 1. The van der Waals surface area contributed by atoms with Gasteiger partial charge in [-0.25, -0.2) is 0 Å². The van der Waals surface area contributed by atoms with E-state index in [2.05, 4.69) is 0 Å². The zero-order chi connectivity index (χ0) is 7.68. The van der Waals surface area contributed by atoms with Crippen molar-refractivity contribution in [3.8, 4) is 0 Å². The fraction of sp³-hybridized carbons (Fsp3) is 0.667. The van der Waals surface area contributed by atoms with Crippen LogP contribution in [-0.2, 0) is 4.79 Å². The third-order valence-electron chi connectivity index (χ3n) is 2.33. The second-order valence-electron chi connectivity index (χ2n) is 3.29. The van der Waals surface area contributed by atoms with E-state index in [-0.39, 0.29) is 0 Å². The van der Waals surface area contributed by atoms with Gasteiger partial charge in [-0.3, -0.25) is 4.79 Å². The molecule has 0 aromatic carbocycles. The lowest BCUT2D eigenvalue weighted by molar-refractivity contribution is -0.127. The summed E-state index contributed by atoms with van der Waals surface area (Å²) in [6.07, 6.45) is 6.63. The molecule has 0 radical (unpaired) electrons. The number of nitrogens with zero attached hydrogens (tertiary/aromatic N) is 1. The van der Waals surface area contributed by atoms with Gasteiger partial charge in [-0.05, 0) is 25.7 Å². The van der Waals surface area contributed by atoms with Crippen LogP contribution >= 0.6 is 0 Å². The lowest BCUT2D eigenvalue weighted by Crippen LogP contribution is -2.35. The molecule has 0 aromatic heterocycles. The van der Waals surface area contributed by atoms with Gasteiger partial charge in [0.1, 0.15) is 0 Å². The van der Waals surface area contributed by atoms with Gasteiger partial charge in [-0.1, -0.05) is 6.08 Å². The van der Waals surface area contributed by atoms with Gasteiger partial charge in [0.05, 0.1) is 0 Å². The summed E-state index contributed by atoms with van der Waals surface area (Å²) < 4.78 is 0. The van der Waals surface area contributed by atoms with E-state index in [0.717, 1.165) is 25.1 Å². The van der Waals surface area contributed by atoms with Crippen molar-refractivity contribution in [2.75, 3.05) is 13.1 Å². The van der Waals surface area contributed by atoms with E-state index in [1.165, 1.54) is 19.3 Å². The molecule has 0 atom stereocenters. The summed E-state index contributed by atoms with van der Waals surface area (Å²) in [4.78, 5) is 13.4. The van der Waals surface area contributed by atoms with Crippen LogP contribution in [0.5, 0.6) is 0 Å². The fourth-order valence-electron chi connectivity index (χ4n) is 1.53. The van der Waals surface area contributed by atoms with Crippen LogP contribution in [-0.4, -0.2) is 23.9 Å². The molecule has 0 N–H and O–H groups in total. The quantitative estimate of drug-likeness (QED) is 0.553. The van der Waals surface area contributed by atoms with Crippen LogP contribution in [0.1, 0.15) is 25.7 Å². The minimum absolute atomic E-state index is 0.296. The maximum absolute atomic E-state index is 11.4. The van der Waals surface area contributed by atoms with E-state index in [1.807, 2.05) is 11.0 Å². The van der Waals surface area contributed by atoms with Crippen LogP contribution in [0.2, 0.25) is 0 Å². The highest BCUT2D eigenvalue weighted by Gasteiger charge is 2.23. The minimum atomic E-state index is 0.296. The van der Waals surface area contributed by atoms with Gasteiger partial charge in [0, 0.05) is 18.7 Å². The van der Waals surface area contributed by atoms with Crippen molar-refractivity contribution in [2.24, 2.45) is 0 Å². The predicted molar refractivity (Wildman–Crippen MR) is 43.1 cm³/mol. The number of hydrogen-bond donors (Lipinski definition) is 0. The van der Waals surface area contributed by atoms with Crippen molar-refractivity contribution < 1.29 is 4.79 Å². The molecule has 1 saturated heterocycles. The first kappa shape index (κ1) is 6.89. The SMILES string of the molecule is O=C(C1=CC1)N1CCCCC1. The fourth-order valence-corrected chi connectivity index (χ4v) is 1.53. The van der Waals surface area contributed by atoms with Crippen molar-refractivity contribution in [2.45, 2.75) is 25.7 Å². The van der Waals surface area contributed by atoms with Gasteiger partial charge in [-0.15, -0.1) is 0 Å². The van der Waals surface area contributed by atoms with E-state index in [1.54, 1.807) is 0 Å². The lowest BCUT2D eigenvalue weighted by Gasteiger charge is -2.25. The van der Waals surface area contributed by atoms with Crippen LogP contribution in [0.25, 0.3) is 0 Å². The first-order valence-electron chi connectivity index (χ1n) is 4.36. The average molecular weight is 151 g/mol. The molecule has 11 heavy (non-hydrogen) atoms. The Balaban J connectivity index is 1.91. The predicted octanol–water partition coefficient (Wildman–Crippen LogP) is 1.33. The molecular weight excluding hydrogens is 138 g/mol. The number of likely N-dealkylation sites (tertiary alicyclic amines) is 1. The third kappa shape index (κ3) is 1.44. The van der Waals surface area contributed by atoms with Crippen molar-refractivity contribution >= 4 is 5.91 Å². The van der Waals surface area contributed by atoms with Gasteiger partial charge < -0.3 is 4.90 Å². The van der Waals surface area contributed by atoms with Crippen LogP contribution in [0.4, 0.5) is 0 Å². The van der Waals surface area contributed by atoms with Crippen molar-refractivity contribution in [3.05, 3.63) is 11.6 Å². The highest BCUT2D eigenvalue weighted by molar-refractivity contribution is 5.97. The Kier molecular flexibility index (Phi) is 1.68. The molecule has 0 bridgehead atoms. The Morgan fingerprint density at radius 1 is 1.27 bits per heavy atom. The number of hydrogen-bond acceptors (Lipinski definition) is 1. The first-order chi connectivity index (χ1) is 5.38. The summed E-state index contributed by atoms with van der Waals surface area (Å²) >= 11 is 0. The van der Waals surface area contributed by atoms with Crippen LogP contribution in [0, 0.1) is 0 Å². The van der Waals surface area contributed by atoms with Crippen molar-refractivity contribution in [3.63, 3.8) is 0 Å². The van der Waals surface area contributed by atoms with Gasteiger partial charge in [0.25, 0.3) is 0 Å². The topological polar surface area (TPSA) is 20.3 Å². The smallest absolute Gasteiger partial charge is 0.249 e. The third-order valence-corrected chi connectivity index (χ3v) is 2.33. The van der Waals surface area contributed by atoms with Crippen LogP contribution in [0.3, 0.4) is 0 Å². The lowest BCUT2D eigenvalue weighted by atomic mass is 10.1. The second kappa shape index (κ2) is 2.68. The van der Waals surface area contributed by atoms with Gasteiger partial charge in [0.2, 0.25) is 5.91 Å². The Morgan fingerprint density at radius 2 is 1.91 bits per heavy atom. The molecule has 60 valence electrons. The standard InChI is InChI=1S/C9H13NO/c11-9(8-4-5-8)10-6-2-1-3-7-10/h4H,1-3,5-7H2. The molecule has 2 aliphatic rings. The number of allylic oxidation sites excluding steroid dienone is 1. The Labute approximate surface area is 66.9 Å². The van der Waals surface area contributed by atoms with E-state index < -0.39 is 0 Å². The summed E-state index contributed by atoms with van der Waals surface area (Å²) in [7, 11) is 0. The molecule has 1 aliphatic carbocycles. The highest BCUT2D eigenvalue weighted by atomic mass is 16.2. The number of piperidine rings is 1. The summed E-state index contributed by atoms with van der Waals surface area (Å²) in [5.74, 6) is 0.296. The molecule has 0 spiro atoms. The molecule has 1 heterocycles. The van der Waals surface area contributed by atoms with E-state index in [0.29, 0.717) is 5.91 Å². The van der Waals surface area contributed by atoms with E-state index in [4.69, 9.17) is 0 Å². The Bertz CT molecular complexity index is 202. The van der Waals surface area contributed by atoms with Gasteiger partial charge in [-0.2, -0.15) is 0 Å². The summed E-state index contributed by atoms with van der Waals surface area (Å²) in [6, 6.07) is 0. The molecule has 0 saturated carbocycles. The maximum Gasteiger partial charge on any atom is 0.249 e. The zero-order valence-corrected chi connectivity index (χ0v) is 6.68. The van der Waals surface area contributed by atoms with E-state index in [9.17, 15) is 4.79 Å². The normalized spacial score (nSPS) is 22.9. The van der Waals surface area contributed by atoms with Crippen molar-refractivity contribution in [1.29, 1.82) is 0 Å². The minimum Gasteiger partial charge on any atom is -0.339 e. The molecular formula is C9H13NO. The molecule has 0 unspecified atom stereocenters. The molecule has 1 aliphatic heterocycles. The monoisotopic (exact) mass is 151 g/mol. The summed E-state index contributed by atoms with van der Waals surface area (Å²) in [5, 5.41) is 0. The van der Waals surface area contributed by atoms with E-state index >= 15 is 0 Å². The number of amides is 1. The Hall–Kier alpha value is -0.790. The molecule has 1 fully saturated rings. The van der Waals surface area contributed by atoms with Gasteiger partial charge >= 0.3 is 0 Å². The largest absolute Gasteiger partial charge is 0.339 e. The first-order valence-corrected chi connectivity index (χ1v) is 4.36. The van der Waals surface area contributed by atoms with Crippen LogP contribution in [0.15, 0.2) is 11.6 Å². The molecule has 1 amide bonds. The zero-order valence-electron chi connectivity index (χ0n) is 6.68. The number of carbonyl (C=O) groups is 1. The maximum atomic E-state index is 11.4. The van der Waals surface area contributed by atoms with Gasteiger partial charge in [0.15, 0.2) is 0 Å². The Morgan fingerprint density at radius 3 is 2.45 bits per heavy atom. The van der Waals surface area contributed by atoms with Crippen LogP contribution < -0.4 is 0 Å². The summed E-state index contributed by atoms with van der Waals surface area (Å²) in [5.41, 5.74) is 1.03. The molecule has 2 heteroatoms. The molecule has 2 rings (SSSR count). The molecule has 2 nitrogen and oxygen atoms in total. The molecule has 0 aromatic rings.